The Morgan fingerprint density at radius 3 is 2.07 bits per heavy atom. The lowest BCUT2D eigenvalue weighted by atomic mass is 9.80. The summed E-state index contributed by atoms with van der Waals surface area (Å²) >= 11 is 3.03. The van der Waals surface area contributed by atoms with E-state index in [4.69, 9.17) is 0 Å². The highest BCUT2D eigenvalue weighted by molar-refractivity contribution is 9.09. The van der Waals surface area contributed by atoms with Crippen molar-refractivity contribution in [3.05, 3.63) is 0 Å². The van der Waals surface area contributed by atoms with Crippen LogP contribution in [0.15, 0.2) is 0 Å². The fraction of sp³-hybridized carbons (Fsp3) is 0.889. The van der Waals surface area contributed by atoms with E-state index in [-0.39, 0.29) is 29.9 Å². The van der Waals surface area contributed by atoms with Gasteiger partial charge in [0.05, 0.1) is 11.2 Å². The number of ketones is 1. The average Bonchev–Trinajstić information content (AvgIpc) is 2.15. The van der Waals surface area contributed by atoms with Crippen molar-refractivity contribution < 1.29 is 18.0 Å². The molecule has 0 bridgehead atoms. The summed E-state index contributed by atoms with van der Waals surface area (Å²) in [4.78, 5) is 11.2. The third-order valence-electron chi connectivity index (χ3n) is 2.78. The maximum atomic E-state index is 12.3. The van der Waals surface area contributed by atoms with E-state index in [9.17, 15) is 18.0 Å². The number of alkyl halides is 4. The Hall–Kier alpha value is -0.0600. The molecule has 1 rings (SSSR count). The van der Waals surface area contributed by atoms with E-state index in [2.05, 4.69) is 15.9 Å². The number of hydrogen-bond acceptors (Lipinski definition) is 1. The van der Waals surface area contributed by atoms with E-state index < -0.39 is 12.1 Å². The monoisotopic (exact) mass is 272 g/mol. The van der Waals surface area contributed by atoms with Gasteiger partial charge >= 0.3 is 6.18 Å². The Morgan fingerprint density at radius 2 is 1.71 bits per heavy atom. The second-order valence-electron chi connectivity index (χ2n) is 3.69. The summed E-state index contributed by atoms with van der Waals surface area (Å²) in [5.41, 5.74) is 0. The molecule has 0 unspecified atom stereocenters. The highest BCUT2D eigenvalue weighted by Crippen LogP contribution is 2.39. The molecule has 0 spiro atoms. The highest BCUT2D eigenvalue weighted by Gasteiger charge is 2.42. The lowest BCUT2D eigenvalue weighted by Gasteiger charge is -2.28. The molecule has 0 aromatic heterocycles. The van der Waals surface area contributed by atoms with Gasteiger partial charge in [-0.2, -0.15) is 13.2 Å². The molecule has 0 N–H and O–H groups in total. The smallest absolute Gasteiger partial charge is 0.298 e. The summed E-state index contributed by atoms with van der Waals surface area (Å²) in [6.45, 7) is 0. The first-order valence-electron chi connectivity index (χ1n) is 4.60. The first-order valence-corrected chi connectivity index (χ1v) is 5.72. The van der Waals surface area contributed by atoms with Crippen LogP contribution in [0.5, 0.6) is 0 Å². The molecule has 0 heterocycles. The van der Waals surface area contributed by atoms with Gasteiger partial charge in [0.2, 0.25) is 0 Å². The van der Waals surface area contributed by atoms with Crippen LogP contribution in [0.4, 0.5) is 13.2 Å². The highest BCUT2D eigenvalue weighted by atomic mass is 79.9. The minimum absolute atomic E-state index is 0.0330. The second kappa shape index (κ2) is 4.64. The minimum atomic E-state index is -4.08. The molecule has 0 radical (unpaired) electrons. The van der Waals surface area contributed by atoms with Gasteiger partial charge < -0.3 is 0 Å². The van der Waals surface area contributed by atoms with Crippen molar-refractivity contribution in [1.82, 2.24) is 0 Å². The molecule has 1 aliphatic rings. The predicted octanol–water partition coefficient (Wildman–Crippen LogP) is 3.32. The predicted molar refractivity (Wildman–Crippen MR) is 50.3 cm³/mol. The molecule has 14 heavy (non-hydrogen) atoms. The van der Waals surface area contributed by atoms with Crippen molar-refractivity contribution in [1.29, 1.82) is 0 Å². The topological polar surface area (TPSA) is 17.1 Å². The van der Waals surface area contributed by atoms with Crippen molar-refractivity contribution in [3.8, 4) is 0 Å². The Kier molecular flexibility index (Phi) is 3.98. The molecule has 5 heteroatoms. The van der Waals surface area contributed by atoms with Gasteiger partial charge in [0.25, 0.3) is 0 Å². The molecule has 0 aromatic carbocycles. The van der Waals surface area contributed by atoms with Crippen molar-refractivity contribution in [2.24, 2.45) is 11.8 Å². The molecule has 0 aliphatic heterocycles. The molecule has 1 saturated carbocycles. The summed E-state index contributed by atoms with van der Waals surface area (Å²) in [6, 6.07) is 0. The van der Waals surface area contributed by atoms with Crippen LogP contribution in [0, 0.1) is 11.8 Å². The van der Waals surface area contributed by atoms with Crippen molar-refractivity contribution >= 4 is 21.7 Å². The maximum absolute atomic E-state index is 12.3. The lowest BCUT2D eigenvalue weighted by molar-refractivity contribution is -0.184. The van der Waals surface area contributed by atoms with Crippen LogP contribution in [0.1, 0.15) is 25.7 Å². The standard InChI is InChI=1S/C9H12BrF3O/c10-5-8(14)6-1-3-7(4-2-6)9(11,12)13/h6-7H,1-5H2. The third-order valence-corrected chi connectivity index (χ3v) is 3.33. The van der Waals surface area contributed by atoms with Gasteiger partial charge in [-0.05, 0) is 25.7 Å². The van der Waals surface area contributed by atoms with Gasteiger partial charge in [-0.3, -0.25) is 4.79 Å². The molecular formula is C9H12BrF3O. The van der Waals surface area contributed by atoms with Crippen LogP contribution in [0.25, 0.3) is 0 Å². The van der Waals surface area contributed by atoms with E-state index in [1.54, 1.807) is 0 Å². The summed E-state index contributed by atoms with van der Waals surface area (Å²) < 4.78 is 36.8. The lowest BCUT2D eigenvalue weighted by Crippen LogP contribution is -2.30. The van der Waals surface area contributed by atoms with Crippen LogP contribution in [0.3, 0.4) is 0 Å². The van der Waals surface area contributed by atoms with Crippen LogP contribution >= 0.6 is 15.9 Å². The number of carbonyl (C=O) groups is 1. The van der Waals surface area contributed by atoms with Crippen LogP contribution < -0.4 is 0 Å². The Balaban J connectivity index is 2.43. The molecule has 1 fully saturated rings. The Morgan fingerprint density at radius 1 is 1.21 bits per heavy atom. The molecule has 0 saturated heterocycles. The summed E-state index contributed by atoms with van der Waals surface area (Å²) in [7, 11) is 0. The molecule has 1 nitrogen and oxygen atoms in total. The van der Waals surface area contributed by atoms with Gasteiger partial charge in [-0.1, -0.05) is 15.9 Å². The Bertz CT molecular complexity index is 207. The van der Waals surface area contributed by atoms with Gasteiger partial charge in [0.15, 0.2) is 0 Å². The Labute approximate surface area is 89.2 Å². The number of rotatable bonds is 2. The number of halogens is 4. The first kappa shape index (κ1) is 12.0. The van der Waals surface area contributed by atoms with E-state index in [0.29, 0.717) is 12.8 Å². The quantitative estimate of drug-likeness (QED) is 0.705. The normalized spacial score (nSPS) is 28.9. The molecule has 0 amide bonds. The van der Waals surface area contributed by atoms with Crippen LogP contribution in [0.2, 0.25) is 0 Å². The summed E-state index contributed by atoms with van der Waals surface area (Å²) in [5, 5.41) is 0.258. The molecular weight excluding hydrogens is 261 g/mol. The maximum Gasteiger partial charge on any atom is 0.391 e. The number of carbonyl (C=O) groups excluding carboxylic acids is 1. The second-order valence-corrected chi connectivity index (χ2v) is 4.25. The number of hydrogen-bond donors (Lipinski definition) is 0. The van der Waals surface area contributed by atoms with Crippen LogP contribution in [-0.4, -0.2) is 17.3 Å². The van der Waals surface area contributed by atoms with Crippen molar-refractivity contribution in [3.63, 3.8) is 0 Å². The van der Waals surface area contributed by atoms with Gasteiger partial charge in [0.1, 0.15) is 5.78 Å². The molecule has 1 aliphatic carbocycles. The SMILES string of the molecule is O=C(CBr)C1CCC(C(F)(F)F)CC1. The minimum Gasteiger partial charge on any atom is -0.298 e. The number of Topliss-reactive ketones (excluding diaryl/α,β-unsaturated/α-hetero) is 1. The van der Waals surface area contributed by atoms with E-state index in [0.717, 1.165) is 0 Å². The third kappa shape index (κ3) is 2.97. The largest absolute Gasteiger partial charge is 0.391 e. The zero-order chi connectivity index (χ0) is 10.8. The van der Waals surface area contributed by atoms with Gasteiger partial charge in [0, 0.05) is 5.92 Å². The summed E-state index contributed by atoms with van der Waals surface area (Å²) in [6.07, 6.45) is -3.11. The zero-order valence-corrected chi connectivity index (χ0v) is 9.20. The first-order chi connectivity index (χ1) is 6.45. The van der Waals surface area contributed by atoms with Gasteiger partial charge in [-0.15, -0.1) is 0 Å². The van der Waals surface area contributed by atoms with Crippen molar-refractivity contribution in [2.45, 2.75) is 31.9 Å². The van der Waals surface area contributed by atoms with Gasteiger partial charge in [-0.25, -0.2) is 0 Å². The van der Waals surface area contributed by atoms with Crippen molar-refractivity contribution in [2.75, 3.05) is 5.33 Å². The molecule has 0 atom stereocenters. The molecule has 82 valence electrons. The van der Waals surface area contributed by atoms with E-state index in [1.807, 2.05) is 0 Å². The molecule has 0 aromatic rings. The summed E-state index contributed by atoms with van der Waals surface area (Å²) in [5.74, 6) is -1.32. The van der Waals surface area contributed by atoms with Crippen LogP contribution in [-0.2, 0) is 4.79 Å². The fourth-order valence-electron chi connectivity index (χ4n) is 1.85. The zero-order valence-electron chi connectivity index (χ0n) is 7.61. The average molecular weight is 273 g/mol. The van der Waals surface area contributed by atoms with E-state index >= 15 is 0 Å². The van der Waals surface area contributed by atoms with E-state index in [1.165, 1.54) is 0 Å². The fourth-order valence-corrected chi connectivity index (χ4v) is 2.31.